The van der Waals surface area contributed by atoms with E-state index in [0.29, 0.717) is 5.69 Å². The molecule has 2 N–H and O–H groups in total. The minimum absolute atomic E-state index is 0.104. The summed E-state index contributed by atoms with van der Waals surface area (Å²) in [5, 5.41) is 5.32. The fourth-order valence-electron chi connectivity index (χ4n) is 2.36. The molecule has 0 spiro atoms. The van der Waals surface area contributed by atoms with E-state index in [9.17, 15) is 22.4 Å². The second-order valence-corrected chi connectivity index (χ2v) is 5.56. The lowest BCUT2D eigenvalue weighted by molar-refractivity contribution is -0.274. The lowest BCUT2D eigenvalue weighted by atomic mass is 10.2. The predicted octanol–water partition coefficient (Wildman–Crippen LogP) is 5.12. The van der Waals surface area contributed by atoms with Gasteiger partial charge in [0.05, 0.1) is 5.56 Å². The summed E-state index contributed by atoms with van der Waals surface area (Å²) < 4.78 is 54.2. The van der Waals surface area contributed by atoms with E-state index in [-0.39, 0.29) is 17.1 Å². The molecule has 0 aliphatic carbocycles. The number of benzene rings is 2. The predicted molar refractivity (Wildman–Crippen MR) is 95.0 cm³/mol. The van der Waals surface area contributed by atoms with E-state index in [1.54, 1.807) is 6.07 Å². The van der Waals surface area contributed by atoms with E-state index < -0.39 is 23.8 Å². The number of aromatic nitrogens is 1. The molecular formula is C19H13F4N3O2. The van der Waals surface area contributed by atoms with E-state index in [1.165, 1.54) is 48.7 Å². The molecule has 0 fully saturated rings. The van der Waals surface area contributed by atoms with Crippen molar-refractivity contribution in [3.63, 3.8) is 0 Å². The SMILES string of the molecule is O=C(Nc1cccc(OC(F)(F)F)c1)c1cccnc1Nc1cccc(F)c1. The smallest absolute Gasteiger partial charge is 0.406 e. The zero-order chi connectivity index (χ0) is 20.1. The van der Waals surface area contributed by atoms with E-state index in [1.807, 2.05) is 0 Å². The number of carbonyl (C=O) groups excluding carboxylic acids is 1. The van der Waals surface area contributed by atoms with Gasteiger partial charge in [-0.1, -0.05) is 12.1 Å². The summed E-state index contributed by atoms with van der Waals surface area (Å²) in [5.41, 5.74) is 0.606. The van der Waals surface area contributed by atoms with Crippen LogP contribution in [0.3, 0.4) is 0 Å². The van der Waals surface area contributed by atoms with Crippen molar-refractivity contribution in [2.24, 2.45) is 0 Å². The molecule has 3 aromatic rings. The highest BCUT2D eigenvalue weighted by molar-refractivity contribution is 6.07. The van der Waals surface area contributed by atoms with Gasteiger partial charge in [0, 0.05) is 23.6 Å². The number of ether oxygens (including phenoxy) is 1. The summed E-state index contributed by atoms with van der Waals surface area (Å²) in [6, 6.07) is 13.5. The maximum atomic E-state index is 13.3. The van der Waals surface area contributed by atoms with Crippen LogP contribution in [0.1, 0.15) is 10.4 Å². The highest BCUT2D eigenvalue weighted by Crippen LogP contribution is 2.26. The fourth-order valence-corrected chi connectivity index (χ4v) is 2.36. The molecule has 3 rings (SSSR count). The number of nitrogens with zero attached hydrogens (tertiary/aromatic N) is 1. The number of hydrogen-bond donors (Lipinski definition) is 2. The fraction of sp³-hybridized carbons (Fsp3) is 0.0526. The number of anilines is 3. The van der Waals surface area contributed by atoms with E-state index in [2.05, 4.69) is 20.4 Å². The minimum Gasteiger partial charge on any atom is -0.406 e. The lowest BCUT2D eigenvalue weighted by Crippen LogP contribution is -2.18. The van der Waals surface area contributed by atoms with Crippen LogP contribution in [0.25, 0.3) is 0 Å². The van der Waals surface area contributed by atoms with Gasteiger partial charge in [-0.3, -0.25) is 4.79 Å². The summed E-state index contributed by atoms with van der Waals surface area (Å²) in [4.78, 5) is 16.6. The standard InChI is InChI=1S/C19H13F4N3O2/c20-12-4-1-5-13(10-12)25-17-16(8-3-9-24-17)18(27)26-14-6-2-7-15(11-14)28-19(21,22)23/h1-11H,(H,24,25)(H,26,27). The van der Waals surface area contributed by atoms with Gasteiger partial charge < -0.3 is 15.4 Å². The molecule has 0 bridgehead atoms. The van der Waals surface area contributed by atoms with Crippen molar-refractivity contribution < 1.29 is 27.1 Å². The first-order valence-corrected chi connectivity index (χ1v) is 7.95. The second kappa shape index (κ2) is 7.95. The molecular weight excluding hydrogens is 378 g/mol. The van der Waals surface area contributed by atoms with Crippen molar-refractivity contribution >= 4 is 23.1 Å². The van der Waals surface area contributed by atoms with E-state index in [0.717, 1.165) is 12.1 Å². The third-order valence-electron chi connectivity index (χ3n) is 3.47. The third-order valence-corrected chi connectivity index (χ3v) is 3.47. The topological polar surface area (TPSA) is 63.2 Å². The number of rotatable bonds is 5. The minimum atomic E-state index is -4.84. The molecule has 0 unspecified atom stereocenters. The van der Waals surface area contributed by atoms with Crippen molar-refractivity contribution in [2.75, 3.05) is 10.6 Å². The lowest BCUT2D eigenvalue weighted by Gasteiger charge is -2.13. The number of pyridine rings is 1. The Morgan fingerprint density at radius 3 is 2.46 bits per heavy atom. The largest absolute Gasteiger partial charge is 0.573 e. The molecule has 0 saturated heterocycles. The van der Waals surface area contributed by atoms with Crippen LogP contribution in [0, 0.1) is 5.82 Å². The van der Waals surface area contributed by atoms with Gasteiger partial charge in [-0.25, -0.2) is 9.37 Å². The first-order valence-electron chi connectivity index (χ1n) is 7.95. The highest BCUT2D eigenvalue weighted by Gasteiger charge is 2.31. The summed E-state index contributed by atoms with van der Waals surface area (Å²) in [5.74, 6) is -1.38. The van der Waals surface area contributed by atoms with Gasteiger partial charge in [0.15, 0.2) is 0 Å². The molecule has 0 aliphatic heterocycles. The monoisotopic (exact) mass is 391 g/mol. The van der Waals surface area contributed by atoms with E-state index in [4.69, 9.17) is 0 Å². The summed E-state index contributed by atoms with van der Waals surface area (Å²) in [7, 11) is 0. The zero-order valence-corrected chi connectivity index (χ0v) is 14.1. The number of carbonyl (C=O) groups is 1. The molecule has 0 saturated carbocycles. The molecule has 9 heteroatoms. The normalized spacial score (nSPS) is 11.0. The summed E-state index contributed by atoms with van der Waals surface area (Å²) >= 11 is 0. The number of nitrogens with one attached hydrogen (secondary N) is 2. The first kappa shape index (κ1) is 19.2. The van der Waals surface area contributed by atoms with Gasteiger partial charge in [0.25, 0.3) is 5.91 Å². The Balaban J connectivity index is 1.79. The third kappa shape index (κ3) is 5.19. The van der Waals surface area contributed by atoms with Crippen LogP contribution in [0.4, 0.5) is 34.8 Å². The average molecular weight is 391 g/mol. The van der Waals surface area contributed by atoms with Crippen molar-refractivity contribution in [2.45, 2.75) is 6.36 Å². The average Bonchev–Trinajstić information content (AvgIpc) is 2.61. The molecule has 0 atom stereocenters. The Morgan fingerprint density at radius 2 is 1.71 bits per heavy atom. The van der Waals surface area contributed by atoms with E-state index >= 15 is 0 Å². The van der Waals surface area contributed by atoms with Gasteiger partial charge in [0.1, 0.15) is 17.4 Å². The van der Waals surface area contributed by atoms with Crippen molar-refractivity contribution in [3.05, 3.63) is 78.2 Å². The van der Waals surface area contributed by atoms with Crippen LogP contribution in [-0.4, -0.2) is 17.3 Å². The molecule has 1 aromatic heterocycles. The quantitative estimate of drug-likeness (QED) is 0.593. The Morgan fingerprint density at radius 1 is 0.964 bits per heavy atom. The maximum Gasteiger partial charge on any atom is 0.573 e. The van der Waals surface area contributed by atoms with Crippen LogP contribution >= 0.6 is 0 Å². The summed E-state index contributed by atoms with van der Waals surface area (Å²) in [6.45, 7) is 0. The van der Waals surface area contributed by atoms with Crippen LogP contribution in [0.15, 0.2) is 66.9 Å². The van der Waals surface area contributed by atoms with Gasteiger partial charge in [0.2, 0.25) is 0 Å². The van der Waals surface area contributed by atoms with Crippen LogP contribution in [0.2, 0.25) is 0 Å². The van der Waals surface area contributed by atoms with Crippen molar-refractivity contribution in [1.82, 2.24) is 4.98 Å². The van der Waals surface area contributed by atoms with Crippen LogP contribution in [-0.2, 0) is 0 Å². The number of hydrogen-bond acceptors (Lipinski definition) is 4. The van der Waals surface area contributed by atoms with Gasteiger partial charge in [-0.15, -0.1) is 13.2 Å². The zero-order valence-electron chi connectivity index (χ0n) is 14.1. The molecule has 5 nitrogen and oxygen atoms in total. The number of amides is 1. The molecule has 1 heterocycles. The molecule has 144 valence electrons. The van der Waals surface area contributed by atoms with Gasteiger partial charge >= 0.3 is 6.36 Å². The Labute approximate surface area is 157 Å². The molecule has 28 heavy (non-hydrogen) atoms. The molecule has 2 aromatic carbocycles. The van der Waals surface area contributed by atoms with Gasteiger partial charge in [-0.2, -0.15) is 0 Å². The second-order valence-electron chi connectivity index (χ2n) is 5.56. The molecule has 0 radical (unpaired) electrons. The Kier molecular flexibility index (Phi) is 5.44. The Bertz CT molecular complexity index is 993. The molecule has 1 amide bonds. The first-order chi connectivity index (χ1) is 13.3. The summed E-state index contributed by atoms with van der Waals surface area (Å²) in [6.07, 6.45) is -3.40. The van der Waals surface area contributed by atoms with Crippen molar-refractivity contribution in [3.8, 4) is 5.75 Å². The number of alkyl halides is 3. The number of halogens is 4. The highest BCUT2D eigenvalue weighted by atomic mass is 19.4. The molecule has 0 aliphatic rings. The maximum absolute atomic E-state index is 13.3. The van der Waals surface area contributed by atoms with Crippen LogP contribution in [0.5, 0.6) is 5.75 Å². The van der Waals surface area contributed by atoms with Crippen LogP contribution < -0.4 is 15.4 Å². The van der Waals surface area contributed by atoms with Crippen molar-refractivity contribution in [1.29, 1.82) is 0 Å². The van der Waals surface area contributed by atoms with Gasteiger partial charge in [-0.05, 0) is 42.5 Å². The Hall–Kier alpha value is -3.62.